The second kappa shape index (κ2) is 6.43. The lowest BCUT2D eigenvalue weighted by Gasteiger charge is -2.25. The monoisotopic (exact) mass is 305 g/mol. The van der Waals surface area contributed by atoms with Gasteiger partial charge in [-0.05, 0) is 44.2 Å². The number of benzene rings is 2. The van der Waals surface area contributed by atoms with Crippen molar-refractivity contribution in [2.75, 3.05) is 12.4 Å². The van der Waals surface area contributed by atoms with Gasteiger partial charge in [-0.15, -0.1) is 0 Å². The molecule has 3 rings (SSSR count). The maximum atomic E-state index is 3.28. The van der Waals surface area contributed by atoms with Gasteiger partial charge in [0.05, 0.1) is 12.5 Å². The van der Waals surface area contributed by atoms with Crippen LogP contribution in [0.15, 0.2) is 79.0 Å². The van der Waals surface area contributed by atoms with Crippen LogP contribution < -0.4 is 10.2 Å². The van der Waals surface area contributed by atoms with Crippen molar-refractivity contribution in [3.05, 3.63) is 84.6 Å². The average molecular weight is 305 g/mol. The third kappa shape index (κ3) is 3.08. The molecule has 2 heteroatoms. The summed E-state index contributed by atoms with van der Waals surface area (Å²) in [5, 5.41) is 3.28. The number of quaternary nitrogens is 1. The highest BCUT2D eigenvalue weighted by Gasteiger charge is 2.45. The number of anilines is 1. The van der Waals surface area contributed by atoms with Crippen molar-refractivity contribution in [1.29, 1.82) is 0 Å². The van der Waals surface area contributed by atoms with E-state index in [1.165, 1.54) is 16.2 Å². The van der Waals surface area contributed by atoms with Crippen molar-refractivity contribution >= 4 is 11.4 Å². The van der Waals surface area contributed by atoms with Gasteiger partial charge in [-0.3, -0.25) is 4.90 Å². The number of nitrogens with one attached hydrogen (secondary N) is 2. The molecule has 0 radical (unpaired) electrons. The van der Waals surface area contributed by atoms with E-state index in [2.05, 4.69) is 80.8 Å². The molecule has 2 nitrogen and oxygen atoms in total. The molecule has 2 unspecified atom stereocenters. The van der Waals surface area contributed by atoms with E-state index in [0.29, 0.717) is 6.04 Å². The fourth-order valence-electron chi connectivity index (χ4n) is 3.56. The number of allylic oxidation sites excluding steroid dienone is 2. The fourth-order valence-corrected chi connectivity index (χ4v) is 3.56. The summed E-state index contributed by atoms with van der Waals surface area (Å²) in [7, 11) is 2.26. The van der Waals surface area contributed by atoms with Crippen LogP contribution >= 0.6 is 0 Å². The fraction of sp³-hybridized carbons (Fsp3) is 0.238. The van der Waals surface area contributed by atoms with E-state index in [0.717, 1.165) is 5.69 Å². The first kappa shape index (κ1) is 15.6. The van der Waals surface area contributed by atoms with Crippen LogP contribution in [-0.4, -0.2) is 13.1 Å². The van der Waals surface area contributed by atoms with Crippen LogP contribution in [0.5, 0.6) is 0 Å². The number of para-hydroxylation sites is 2. The van der Waals surface area contributed by atoms with E-state index in [4.69, 9.17) is 0 Å². The molecule has 1 aliphatic heterocycles. The van der Waals surface area contributed by atoms with Gasteiger partial charge in [0.1, 0.15) is 11.7 Å². The molecule has 118 valence electrons. The molecular formula is C21H25N2+. The first-order chi connectivity index (χ1) is 11.1. The van der Waals surface area contributed by atoms with Crippen LogP contribution in [0.1, 0.15) is 19.4 Å². The van der Waals surface area contributed by atoms with Gasteiger partial charge in [-0.25, -0.2) is 0 Å². The average Bonchev–Trinajstić information content (AvgIpc) is 2.76. The van der Waals surface area contributed by atoms with E-state index in [1.807, 2.05) is 24.4 Å². The lowest BCUT2D eigenvalue weighted by molar-refractivity contribution is -0.828. The summed E-state index contributed by atoms with van der Waals surface area (Å²) in [6.07, 6.45) is 8.52. The Morgan fingerprint density at radius 3 is 2.39 bits per heavy atom. The lowest BCUT2D eigenvalue weighted by atomic mass is 9.80. The Balaban J connectivity index is 1.68. The SMILES string of the molecule is C[NH+]1c2ccccc2C(C)(C)C1/C=C/C=C/Nc1ccccc1. The molecule has 1 heterocycles. The molecule has 2 aromatic carbocycles. The van der Waals surface area contributed by atoms with Crippen LogP contribution in [0.25, 0.3) is 0 Å². The summed E-state index contributed by atoms with van der Waals surface area (Å²) in [5.41, 5.74) is 4.13. The highest BCUT2D eigenvalue weighted by atomic mass is 15.2. The quantitative estimate of drug-likeness (QED) is 0.824. The van der Waals surface area contributed by atoms with Crippen LogP contribution in [0.2, 0.25) is 0 Å². The molecule has 23 heavy (non-hydrogen) atoms. The highest BCUT2D eigenvalue weighted by molar-refractivity contribution is 5.49. The molecule has 0 amide bonds. The number of hydrogen-bond donors (Lipinski definition) is 2. The molecule has 0 aromatic heterocycles. The zero-order valence-corrected chi connectivity index (χ0v) is 14.1. The molecular weight excluding hydrogens is 280 g/mol. The Labute approximate surface area is 139 Å². The minimum atomic E-state index is 0.151. The zero-order valence-electron chi connectivity index (χ0n) is 14.1. The van der Waals surface area contributed by atoms with Gasteiger partial charge in [0.15, 0.2) is 0 Å². The molecule has 2 atom stereocenters. The summed E-state index contributed by atoms with van der Waals surface area (Å²) >= 11 is 0. The second-order valence-corrected chi connectivity index (χ2v) is 6.68. The van der Waals surface area contributed by atoms with Crippen molar-refractivity contribution < 1.29 is 4.90 Å². The molecule has 0 aliphatic carbocycles. The normalized spacial score (nSPS) is 22.6. The van der Waals surface area contributed by atoms with Gasteiger partial charge in [-0.1, -0.05) is 42.5 Å². The van der Waals surface area contributed by atoms with E-state index >= 15 is 0 Å². The molecule has 0 saturated carbocycles. The second-order valence-electron chi connectivity index (χ2n) is 6.68. The molecule has 0 spiro atoms. The number of likely N-dealkylation sites (N-methyl/N-ethyl adjacent to an activating group) is 1. The van der Waals surface area contributed by atoms with Crippen molar-refractivity contribution in [3.8, 4) is 0 Å². The van der Waals surface area contributed by atoms with Crippen LogP contribution in [0, 0.1) is 0 Å². The molecule has 2 aromatic rings. The van der Waals surface area contributed by atoms with Crippen molar-refractivity contribution in [2.45, 2.75) is 25.3 Å². The van der Waals surface area contributed by atoms with E-state index in [-0.39, 0.29) is 5.41 Å². The predicted octanol–water partition coefficient (Wildman–Crippen LogP) is 3.67. The first-order valence-electron chi connectivity index (χ1n) is 8.19. The Bertz CT molecular complexity index is 714. The minimum absolute atomic E-state index is 0.151. The summed E-state index contributed by atoms with van der Waals surface area (Å²) < 4.78 is 0. The summed E-state index contributed by atoms with van der Waals surface area (Å²) in [6, 6.07) is 19.4. The van der Waals surface area contributed by atoms with Crippen LogP contribution in [-0.2, 0) is 5.41 Å². The Hall–Kier alpha value is -2.32. The molecule has 2 N–H and O–H groups in total. The topological polar surface area (TPSA) is 16.5 Å². The molecule has 0 saturated heterocycles. The predicted molar refractivity (Wildman–Crippen MR) is 98.1 cm³/mol. The summed E-state index contributed by atoms with van der Waals surface area (Å²) in [4.78, 5) is 1.46. The third-order valence-electron chi connectivity index (χ3n) is 4.82. The number of fused-ring (bicyclic) bond motifs is 1. The van der Waals surface area contributed by atoms with E-state index < -0.39 is 0 Å². The maximum Gasteiger partial charge on any atom is 0.135 e. The Morgan fingerprint density at radius 2 is 1.65 bits per heavy atom. The van der Waals surface area contributed by atoms with Gasteiger partial charge in [0.2, 0.25) is 0 Å². The summed E-state index contributed by atoms with van der Waals surface area (Å²) in [6.45, 7) is 4.67. The smallest absolute Gasteiger partial charge is 0.135 e. The van der Waals surface area contributed by atoms with Crippen molar-refractivity contribution in [3.63, 3.8) is 0 Å². The molecule has 1 aliphatic rings. The van der Waals surface area contributed by atoms with Gasteiger partial charge in [-0.2, -0.15) is 0 Å². The number of rotatable bonds is 4. The van der Waals surface area contributed by atoms with E-state index in [9.17, 15) is 0 Å². The van der Waals surface area contributed by atoms with Crippen molar-refractivity contribution in [1.82, 2.24) is 0 Å². The van der Waals surface area contributed by atoms with Gasteiger partial charge >= 0.3 is 0 Å². The van der Waals surface area contributed by atoms with Crippen molar-refractivity contribution in [2.24, 2.45) is 0 Å². The highest BCUT2D eigenvalue weighted by Crippen LogP contribution is 2.36. The van der Waals surface area contributed by atoms with Gasteiger partial charge in [0.25, 0.3) is 0 Å². The van der Waals surface area contributed by atoms with Gasteiger partial charge < -0.3 is 5.32 Å². The van der Waals surface area contributed by atoms with Crippen LogP contribution in [0.4, 0.5) is 11.4 Å². The third-order valence-corrected chi connectivity index (χ3v) is 4.82. The minimum Gasteiger partial charge on any atom is -0.362 e. The standard InChI is InChI=1S/C21H24N2/c1-21(2)18-13-7-8-14-19(18)23(3)20(21)15-9-10-16-22-17-11-5-4-6-12-17/h4-16,20,22H,1-3H3/p+1/b15-9+,16-10+. The zero-order chi connectivity index (χ0) is 16.3. The summed E-state index contributed by atoms with van der Waals surface area (Å²) in [5.74, 6) is 0. The largest absolute Gasteiger partial charge is 0.362 e. The molecule has 0 fully saturated rings. The Morgan fingerprint density at radius 1 is 0.957 bits per heavy atom. The van der Waals surface area contributed by atoms with E-state index in [1.54, 1.807) is 0 Å². The first-order valence-corrected chi connectivity index (χ1v) is 8.19. The number of hydrogen-bond acceptors (Lipinski definition) is 1. The molecule has 0 bridgehead atoms. The Kier molecular flexibility index (Phi) is 4.35. The van der Waals surface area contributed by atoms with Crippen LogP contribution in [0.3, 0.4) is 0 Å². The van der Waals surface area contributed by atoms with Gasteiger partial charge in [0, 0.05) is 17.5 Å². The maximum absolute atomic E-state index is 3.28. The lowest BCUT2D eigenvalue weighted by Crippen LogP contribution is -3.07.